The molecular weight excluding hydrogens is 826 g/mol. The Kier molecular flexibility index (Phi) is 13.5. The lowest BCUT2D eigenvalue weighted by atomic mass is 9.86. The molecule has 0 radical (unpaired) electrons. The fourth-order valence-electron chi connectivity index (χ4n) is 8.36. The summed E-state index contributed by atoms with van der Waals surface area (Å²) in [5.74, 6) is -0.711. The SMILES string of the molecule is COc1ccc2c(O[C@@H]3C[C@H]4C(=O)N[C@]5(P(=O)(O)Cc6ccccc6)C[C@@H]5/C=C\CCCCC[C@H](NC(=O)[C@@H](N)C(C)(C)C)C(=O)N4C3)cc(-c3csc(NC(C)C)n3)nc2c1. The smallest absolute Gasteiger partial charge is 0.245 e. The summed E-state index contributed by atoms with van der Waals surface area (Å²) < 4.78 is 26.9. The molecule has 7 atom stereocenters. The maximum Gasteiger partial charge on any atom is 0.245 e. The summed E-state index contributed by atoms with van der Waals surface area (Å²) in [5.41, 5.74) is 8.34. The number of thiazole rings is 1. The third-order valence-corrected chi connectivity index (χ3v) is 15.5. The first kappa shape index (κ1) is 45.2. The maximum absolute atomic E-state index is 14.9. The number of allylic oxidation sites excluding steroid dienone is 1. The Bertz CT molecular complexity index is 2350. The molecule has 6 N–H and O–H groups in total. The van der Waals surface area contributed by atoms with Gasteiger partial charge in [0.1, 0.15) is 40.7 Å². The van der Waals surface area contributed by atoms with Crippen molar-refractivity contribution in [3.05, 3.63) is 77.7 Å². The van der Waals surface area contributed by atoms with Gasteiger partial charge in [-0.25, -0.2) is 9.97 Å². The highest BCUT2D eigenvalue weighted by Gasteiger charge is 2.66. The second-order valence-corrected chi connectivity index (χ2v) is 21.6. The number of ether oxygens (including phenoxy) is 2. The molecule has 2 fully saturated rings. The minimum absolute atomic E-state index is 0.0141. The highest BCUT2D eigenvalue weighted by molar-refractivity contribution is 7.59. The first-order valence-electron chi connectivity index (χ1n) is 21.6. The van der Waals surface area contributed by atoms with Crippen LogP contribution in [0.1, 0.15) is 85.1 Å². The number of pyridine rings is 1. The van der Waals surface area contributed by atoms with E-state index in [2.05, 4.69) is 16.0 Å². The molecule has 62 heavy (non-hydrogen) atoms. The summed E-state index contributed by atoms with van der Waals surface area (Å²) in [6.07, 6.45) is 6.90. The fraction of sp³-hybridized carbons (Fsp3) is 0.500. The zero-order chi connectivity index (χ0) is 44.4. The predicted octanol–water partition coefficient (Wildman–Crippen LogP) is 7.22. The molecule has 332 valence electrons. The van der Waals surface area contributed by atoms with Gasteiger partial charge >= 0.3 is 0 Å². The van der Waals surface area contributed by atoms with E-state index in [1.807, 2.05) is 94.6 Å². The van der Waals surface area contributed by atoms with Crippen molar-refractivity contribution in [3.8, 4) is 22.9 Å². The van der Waals surface area contributed by atoms with Crippen molar-refractivity contribution in [2.24, 2.45) is 17.1 Å². The average molecular weight is 886 g/mol. The summed E-state index contributed by atoms with van der Waals surface area (Å²) in [5, 5.41) is 11.3. The third-order valence-electron chi connectivity index (χ3n) is 12.0. The molecule has 3 aliphatic rings. The Morgan fingerprint density at radius 3 is 2.60 bits per heavy atom. The number of nitrogens with two attached hydrogens (primary N) is 1. The Labute approximate surface area is 367 Å². The van der Waals surface area contributed by atoms with Crippen molar-refractivity contribution in [1.29, 1.82) is 0 Å². The molecule has 14 nitrogen and oxygen atoms in total. The van der Waals surface area contributed by atoms with Gasteiger partial charge in [0.2, 0.25) is 25.1 Å². The monoisotopic (exact) mass is 885 g/mol. The molecule has 7 rings (SSSR count). The summed E-state index contributed by atoms with van der Waals surface area (Å²) in [4.78, 5) is 66.4. The number of carbonyl (C=O) groups excluding carboxylic acids is 3. The van der Waals surface area contributed by atoms with E-state index < -0.39 is 60.0 Å². The van der Waals surface area contributed by atoms with E-state index in [1.165, 1.54) is 16.2 Å². The quantitative estimate of drug-likeness (QED) is 0.0753. The minimum atomic E-state index is -4.07. The topological polar surface area (TPSA) is 198 Å². The number of benzene rings is 2. The molecule has 1 aliphatic carbocycles. The maximum atomic E-state index is 14.9. The van der Waals surface area contributed by atoms with Crippen LogP contribution in [0.5, 0.6) is 11.5 Å². The van der Waals surface area contributed by atoms with Crippen molar-refractivity contribution in [2.45, 2.75) is 121 Å². The second-order valence-electron chi connectivity index (χ2n) is 18.2. The van der Waals surface area contributed by atoms with E-state index in [-0.39, 0.29) is 31.1 Å². The largest absolute Gasteiger partial charge is 0.497 e. The van der Waals surface area contributed by atoms with Crippen LogP contribution >= 0.6 is 18.7 Å². The number of hydrogen-bond acceptors (Lipinski definition) is 11. The first-order valence-corrected chi connectivity index (χ1v) is 24.3. The summed E-state index contributed by atoms with van der Waals surface area (Å²) in [6.45, 7) is 9.69. The Balaban J connectivity index is 1.25. The molecule has 1 saturated carbocycles. The molecule has 2 aliphatic heterocycles. The van der Waals surface area contributed by atoms with E-state index in [0.717, 1.165) is 24.4 Å². The number of carbonyl (C=O) groups is 3. The number of fused-ring (bicyclic) bond motifs is 3. The average Bonchev–Trinajstić information content (AvgIpc) is 3.50. The molecule has 3 amide bonds. The fourth-order valence-corrected chi connectivity index (χ4v) is 11.6. The highest BCUT2D eigenvalue weighted by Crippen LogP contribution is 2.71. The van der Waals surface area contributed by atoms with E-state index >= 15 is 0 Å². The van der Waals surface area contributed by atoms with Gasteiger partial charge in [0.25, 0.3) is 0 Å². The molecule has 4 aromatic rings. The first-order chi connectivity index (χ1) is 29.5. The normalized spacial score (nSPS) is 25.3. The number of hydrogen-bond donors (Lipinski definition) is 5. The number of anilines is 1. The third kappa shape index (κ3) is 10.0. The van der Waals surface area contributed by atoms with Gasteiger partial charge in [0, 0.05) is 41.3 Å². The molecule has 16 heteroatoms. The van der Waals surface area contributed by atoms with Crippen molar-refractivity contribution in [3.63, 3.8) is 0 Å². The molecule has 2 aromatic heterocycles. The summed E-state index contributed by atoms with van der Waals surface area (Å²) >= 11 is 1.47. The van der Waals surface area contributed by atoms with Crippen LogP contribution in [0.25, 0.3) is 22.3 Å². The zero-order valence-corrected chi connectivity index (χ0v) is 38.1. The van der Waals surface area contributed by atoms with Crippen LogP contribution in [0, 0.1) is 11.3 Å². The van der Waals surface area contributed by atoms with Crippen LogP contribution in [0.2, 0.25) is 0 Å². The lowest BCUT2D eigenvalue weighted by Crippen LogP contribution is -2.58. The van der Waals surface area contributed by atoms with Crippen LogP contribution in [-0.4, -0.2) is 86.7 Å². The number of amides is 3. The summed E-state index contributed by atoms with van der Waals surface area (Å²) in [7, 11) is -2.48. The minimum Gasteiger partial charge on any atom is -0.497 e. The van der Waals surface area contributed by atoms with E-state index in [0.29, 0.717) is 58.6 Å². The van der Waals surface area contributed by atoms with Gasteiger partial charge in [-0.3, -0.25) is 18.9 Å². The van der Waals surface area contributed by atoms with Gasteiger partial charge in [-0.05, 0) is 62.6 Å². The molecule has 0 spiro atoms. The number of nitrogens with one attached hydrogen (secondary N) is 3. The molecule has 2 aromatic carbocycles. The molecule has 0 bridgehead atoms. The van der Waals surface area contributed by atoms with Gasteiger partial charge in [0.15, 0.2) is 5.13 Å². The van der Waals surface area contributed by atoms with Crippen LogP contribution in [0.15, 0.2) is 72.1 Å². The van der Waals surface area contributed by atoms with Crippen molar-refractivity contribution in [2.75, 3.05) is 19.0 Å². The van der Waals surface area contributed by atoms with Crippen molar-refractivity contribution >= 4 is 52.5 Å². The van der Waals surface area contributed by atoms with Crippen LogP contribution in [-0.2, 0) is 25.1 Å². The van der Waals surface area contributed by atoms with Gasteiger partial charge in [-0.2, -0.15) is 0 Å². The number of aromatic nitrogens is 2. The standard InChI is InChI=1S/C46H60N7O7PS/c1-28(2)48-44-51-37(27-62-44)36-23-39(33-20-19-31(59-6)21-35(33)49-36)60-32-22-38-41(54)52-46(61(57,58)26-29-15-11-10-12-16-29)24-30(46)17-13-8-7-9-14-18-34(43(56)53(38)25-32)50-42(55)40(47)45(3,4)5/h10-13,15-17,19-21,23,27-28,30,32,34,38,40H,7-9,14,18,22,24-26,47H2,1-6H3,(H,48,51)(H,50,55)(H,52,54)(H,57,58)/b17-13-/t30-,32+,34-,38-,40+,46-/m0/s1. The summed E-state index contributed by atoms with van der Waals surface area (Å²) in [6, 6.07) is 13.7. The van der Waals surface area contributed by atoms with E-state index in [4.69, 9.17) is 25.2 Å². The number of nitrogens with zero attached hydrogens (tertiary/aromatic N) is 3. The van der Waals surface area contributed by atoms with Crippen LogP contribution in [0.3, 0.4) is 0 Å². The van der Waals surface area contributed by atoms with Crippen molar-refractivity contribution in [1.82, 2.24) is 25.5 Å². The van der Waals surface area contributed by atoms with E-state index in [1.54, 1.807) is 19.2 Å². The van der Waals surface area contributed by atoms with Gasteiger partial charge < -0.3 is 41.0 Å². The molecule has 4 heterocycles. The lowest BCUT2D eigenvalue weighted by Gasteiger charge is -2.32. The zero-order valence-electron chi connectivity index (χ0n) is 36.4. The Morgan fingerprint density at radius 2 is 1.87 bits per heavy atom. The second kappa shape index (κ2) is 18.5. The molecule has 1 saturated heterocycles. The molecule has 1 unspecified atom stereocenters. The van der Waals surface area contributed by atoms with Gasteiger partial charge in [-0.15, -0.1) is 11.3 Å². The van der Waals surface area contributed by atoms with Crippen LogP contribution < -0.4 is 31.2 Å². The number of rotatable bonds is 11. The van der Waals surface area contributed by atoms with Gasteiger partial charge in [0.05, 0.1) is 37.1 Å². The Morgan fingerprint density at radius 1 is 1.10 bits per heavy atom. The van der Waals surface area contributed by atoms with Gasteiger partial charge in [-0.1, -0.05) is 76.1 Å². The predicted molar refractivity (Wildman–Crippen MR) is 243 cm³/mol. The lowest BCUT2D eigenvalue weighted by molar-refractivity contribution is -0.142. The van der Waals surface area contributed by atoms with Crippen molar-refractivity contribution < 1.29 is 33.3 Å². The highest BCUT2D eigenvalue weighted by atomic mass is 32.1. The Hall–Kier alpha value is -4.82. The number of methoxy groups -OCH3 is 1. The van der Waals surface area contributed by atoms with Crippen LogP contribution in [0.4, 0.5) is 5.13 Å². The van der Waals surface area contributed by atoms with E-state index in [9.17, 15) is 23.8 Å². The molecular formula is C46H60N7O7PS.